The van der Waals surface area contributed by atoms with Crippen LogP contribution in [0.25, 0.3) is 0 Å². The first kappa shape index (κ1) is 16.7. The van der Waals surface area contributed by atoms with Crippen molar-refractivity contribution in [3.8, 4) is 0 Å². The molecule has 0 aromatic rings. The molecule has 0 bridgehead atoms. The number of aliphatic carboxylic acids is 1. The van der Waals surface area contributed by atoms with Crippen molar-refractivity contribution in [2.45, 2.75) is 63.6 Å². The number of carboxylic acid groups (broad SMARTS) is 1. The Balaban J connectivity index is 2.09. The van der Waals surface area contributed by atoms with E-state index in [0.717, 1.165) is 51.9 Å². The van der Waals surface area contributed by atoms with Gasteiger partial charge in [-0.25, -0.2) is 0 Å². The molecule has 1 saturated carbocycles. The molecule has 0 spiro atoms. The van der Waals surface area contributed by atoms with E-state index in [1.807, 2.05) is 6.92 Å². The molecule has 3 unspecified atom stereocenters. The second kappa shape index (κ2) is 7.07. The van der Waals surface area contributed by atoms with E-state index in [9.17, 15) is 9.90 Å². The summed E-state index contributed by atoms with van der Waals surface area (Å²) in [4.78, 5) is 16.7. The van der Waals surface area contributed by atoms with Crippen LogP contribution in [0.1, 0.15) is 46.0 Å². The molecule has 2 aliphatic rings. The highest BCUT2D eigenvalue weighted by molar-refractivity contribution is 5.79. The minimum atomic E-state index is -0.698. The van der Waals surface area contributed by atoms with Crippen molar-refractivity contribution in [2.24, 2.45) is 0 Å². The number of hydrogen-bond acceptors (Lipinski definition) is 4. The Morgan fingerprint density at radius 3 is 2.76 bits per heavy atom. The summed E-state index contributed by atoms with van der Waals surface area (Å²) in [5.41, 5.74) is -0.698. The summed E-state index contributed by atoms with van der Waals surface area (Å²) >= 11 is 0. The average Bonchev–Trinajstić information content (AvgIpc) is 2.78. The van der Waals surface area contributed by atoms with Crippen LogP contribution in [0.15, 0.2) is 0 Å². The lowest BCUT2D eigenvalue weighted by molar-refractivity contribution is -0.144. The normalized spacial score (nSPS) is 35.8. The van der Waals surface area contributed by atoms with Crippen molar-refractivity contribution in [3.63, 3.8) is 0 Å². The molecular formula is C16H31N3O2. The molecule has 5 nitrogen and oxygen atoms in total. The van der Waals surface area contributed by atoms with Crippen LogP contribution < -0.4 is 5.32 Å². The van der Waals surface area contributed by atoms with Crippen molar-refractivity contribution < 1.29 is 9.90 Å². The van der Waals surface area contributed by atoms with Crippen molar-refractivity contribution in [1.82, 2.24) is 15.1 Å². The van der Waals surface area contributed by atoms with E-state index in [2.05, 4.69) is 29.1 Å². The van der Waals surface area contributed by atoms with Crippen LogP contribution in [0.5, 0.6) is 0 Å². The van der Waals surface area contributed by atoms with E-state index in [-0.39, 0.29) is 0 Å². The predicted molar refractivity (Wildman–Crippen MR) is 84.6 cm³/mol. The fourth-order valence-corrected chi connectivity index (χ4v) is 4.18. The number of likely N-dealkylation sites (N-methyl/N-ethyl adjacent to an activating group) is 2. The number of rotatable bonds is 5. The van der Waals surface area contributed by atoms with E-state index in [0.29, 0.717) is 12.1 Å². The SMILES string of the molecule is CCNC1(C(=O)O)CCC(N2CCCN(C)CC2CC)C1. The molecular weight excluding hydrogens is 266 g/mol. The van der Waals surface area contributed by atoms with Crippen LogP contribution in [-0.2, 0) is 4.79 Å². The third kappa shape index (κ3) is 3.58. The van der Waals surface area contributed by atoms with Gasteiger partial charge < -0.3 is 15.3 Å². The molecule has 3 atom stereocenters. The van der Waals surface area contributed by atoms with Crippen LogP contribution in [-0.4, -0.2) is 71.7 Å². The van der Waals surface area contributed by atoms with Crippen molar-refractivity contribution in [3.05, 3.63) is 0 Å². The molecule has 21 heavy (non-hydrogen) atoms. The van der Waals surface area contributed by atoms with Crippen molar-refractivity contribution in [2.75, 3.05) is 33.2 Å². The minimum absolute atomic E-state index is 0.414. The third-order valence-electron chi connectivity index (χ3n) is 5.30. The Labute approximate surface area is 128 Å². The summed E-state index contributed by atoms with van der Waals surface area (Å²) in [6, 6.07) is 0.977. The van der Waals surface area contributed by atoms with E-state index in [1.165, 1.54) is 6.42 Å². The standard InChI is InChI=1S/C16H31N3O2/c1-4-13-12-18(3)9-6-10-19(13)14-7-8-16(11-14,15(20)21)17-5-2/h13-14,17H,4-12H2,1-3H3,(H,20,21). The zero-order valence-electron chi connectivity index (χ0n) is 13.8. The molecule has 1 heterocycles. The molecule has 1 saturated heterocycles. The molecule has 0 aromatic carbocycles. The second-order valence-electron chi connectivity index (χ2n) is 6.73. The molecule has 2 N–H and O–H groups in total. The zero-order valence-corrected chi connectivity index (χ0v) is 13.8. The third-order valence-corrected chi connectivity index (χ3v) is 5.30. The van der Waals surface area contributed by atoms with Gasteiger partial charge in [0, 0.05) is 18.6 Å². The van der Waals surface area contributed by atoms with Crippen LogP contribution in [0.3, 0.4) is 0 Å². The molecule has 5 heteroatoms. The maximum absolute atomic E-state index is 11.7. The highest BCUT2D eigenvalue weighted by Gasteiger charge is 2.47. The Bertz CT molecular complexity index is 363. The molecule has 2 fully saturated rings. The van der Waals surface area contributed by atoms with Gasteiger partial charge in [-0.3, -0.25) is 9.69 Å². The maximum Gasteiger partial charge on any atom is 0.323 e. The average molecular weight is 297 g/mol. The van der Waals surface area contributed by atoms with E-state index in [1.54, 1.807) is 0 Å². The van der Waals surface area contributed by atoms with E-state index >= 15 is 0 Å². The molecule has 0 radical (unpaired) electrons. The number of carboxylic acids is 1. The van der Waals surface area contributed by atoms with Crippen LogP contribution in [0.2, 0.25) is 0 Å². The second-order valence-corrected chi connectivity index (χ2v) is 6.73. The Morgan fingerprint density at radius 1 is 1.38 bits per heavy atom. The summed E-state index contributed by atoms with van der Waals surface area (Å²) in [5.74, 6) is -0.674. The molecule has 0 aromatic heterocycles. The smallest absolute Gasteiger partial charge is 0.323 e. The molecule has 0 amide bonds. The first-order valence-electron chi connectivity index (χ1n) is 8.45. The van der Waals surface area contributed by atoms with Gasteiger partial charge in [0.1, 0.15) is 5.54 Å². The predicted octanol–water partition coefficient (Wildman–Crippen LogP) is 1.39. The summed E-state index contributed by atoms with van der Waals surface area (Å²) in [5, 5.41) is 12.9. The van der Waals surface area contributed by atoms with Gasteiger partial charge in [-0.2, -0.15) is 0 Å². The fourth-order valence-electron chi connectivity index (χ4n) is 4.18. The Morgan fingerprint density at radius 2 is 2.14 bits per heavy atom. The van der Waals surface area contributed by atoms with Crippen LogP contribution in [0.4, 0.5) is 0 Å². The topological polar surface area (TPSA) is 55.8 Å². The van der Waals surface area contributed by atoms with Gasteiger partial charge in [-0.1, -0.05) is 13.8 Å². The minimum Gasteiger partial charge on any atom is -0.480 e. The Kier molecular flexibility index (Phi) is 5.63. The van der Waals surface area contributed by atoms with Gasteiger partial charge >= 0.3 is 5.97 Å². The first-order chi connectivity index (χ1) is 10.0. The lowest BCUT2D eigenvalue weighted by Gasteiger charge is -2.36. The molecule has 1 aliphatic carbocycles. The lowest BCUT2D eigenvalue weighted by atomic mass is 9.97. The summed E-state index contributed by atoms with van der Waals surface area (Å²) in [7, 11) is 2.20. The van der Waals surface area contributed by atoms with Gasteiger partial charge in [0.25, 0.3) is 0 Å². The summed E-state index contributed by atoms with van der Waals surface area (Å²) in [6.07, 6.45) is 4.83. The number of nitrogens with one attached hydrogen (secondary N) is 1. The maximum atomic E-state index is 11.7. The quantitative estimate of drug-likeness (QED) is 0.803. The highest BCUT2D eigenvalue weighted by Crippen LogP contribution is 2.35. The summed E-state index contributed by atoms with van der Waals surface area (Å²) < 4.78 is 0. The molecule has 1 aliphatic heterocycles. The Hall–Kier alpha value is -0.650. The van der Waals surface area contributed by atoms with E-state index < -0.39 is 11.5 Å². The molecule has 2 rings (SSSR count). The van der Waals surface area contributed by atoms with Crippen LogP contribution >= 0.6 is 0 Å². The van der Waals surface area contributed by atoms with Gasteiger partial charge in [0.05, 0.1) is 0 Å². The number of carbonyl (C=O) groups is 1. The highest BCUT2D eigenvalue weighted by atomic mass is 16.4. The van der Waals surface area contributed by atoms with Gasteiger partial charge in [-0.15, -0.1) is 0 Å². The largest absolute Gasteiger partial charge is 0.480 e. The van der Waals surface area contributed by atoms with E-state index in [4.69, 9.17) is 0 Å². The fraction of sp³-hybridized carbons (Fsp3) is 0.938. The van der Waals surface area contributed by atoms with Crippen LogP contribution in [0, 0.1) is 0 Å². The number of nitrogens with zero attached hydrogens (tertiary/aromatic N) is 2. The van der Waals surface area contributed by atoms with Crippen molar-refractivity contribution >= 4 is 5.97 Å². The zero-order chi connectivity index (χ0) is 15.5. The monoisotopic (exact) mass is 297 g/mol. The lowest BCUT2D eigenvalue weighted by Crippen LogP contribution is -2.52. The summed E-state index contributed by atoms with van der Waals surface area (Å²) in [6.45, 7) is 8.33. The first-order valence-corrected chi connectivity index (χ1v) is 8.45. The molecule has 122 valence electrons. The number of hydrogen-bond donors (Lipinski definition) is 2. The van der Waals surface area contributed by atoms with Gasteiger partial charge in [-0.05, 0) is 58.8 Å². The van der Waals surface area contributed by atoms with Gasteiger partial charge in [0.15, 0.2) is 0 Å². The van der Waals surface area contributed by atoms with Crippen molar-refractivity contribution in [1.29, 1.82) is 0 Å². The van der Waals surface area contributed by atoms with Gasteiger partial charge in [0.2, 0.25) is 0 Å².